The maximum atomic E-state index is 12.3. The number of nitrogens with one attached hydrogen (secondary N) is 4. The summed E-state index contributed by atoms with van der Waals surface area (Å²) >= 11 is 11.4. The summed E-state index contributed by atoms with van der Waals surface area (Å²) in [6.07, 6.45) is 2.28. The van der Waals surface area contributed by atoms with Crippen LogP contribution in [0.2, 0.25) is 4.34 Å². The number of methoxy groups -OCH3 is 2. The highest BCUT2D eigenvalue weighted by Gasteiger charge is 2.17. The van der Waals surface area contributed by atoms with Crippen molar-refractivity contribution in [3.63, 3.8) is 0 Å². The minimum atomic E-state index is -0.494. The molecule has 0 fully saturated rings. The van der Waals surface area contributed by atoms with E-state index in [0.717, 1.165) is 15.1 Å². The van der Waals surface area contributed by atoms with Gasteiger partial charge in [0.25, 0.3) is 0 Å². The molecule has 4 N–H and O–H groups in total. The van der Waals surface area contributed by atoms with E-state index in [1.54, 1.807) is 93.2 Å². The molecule has 0 aliphatic heterocycles. The van der Waals surface area contributed by atoms with Gasteiger partial charge in [-0.15, -0.1) is 0 Å². The van der Waals surface area contributed by atoms with Crippen LogP contribution in [0.5, 0.6) is 34.5 Å². The Morgan fingerprint density at radius 3 is 1.32 bits per heavy atom. The van der Waals surface area contributed by atoms with Gasteiger partial charge in [-0.1, -0.05) is 82.8 Å². The van der Waals surface area contributed by atoms with Gasteiger partial charge in [0.05, 0.1) is 41.8 Å². The number of amides is 4. The van der Waals surface area contributed by atoms with Crippen LogP contribution in [0.3, 0.4) is 0 Å². The molecule has 56 heavy (non-hydrogen) atoms. The number of rotatable bonds is 14. The third kappa shape index (κ3) is 12.5. The van der Waals surface area contributed by atoms with Gasteiger partial charge in [-0.25, -0.2) is 9.97 Å². The monoisotopic (exact) mass is 878 g/mol. The maximum Gasteiger partial charge on any atom is 0.235 e. The Balaban J connectivity index is 0.000000214. The van der Waals surface area contributed by atoms with E-state index in [2.05, 4.69) is 47.2 Å². The predicted molar refractivity (Wildman–Crippen MR) is 220 cm³/mol. The molecule has 2 aromatic heterocycles. The summed E-state index contributed by atoms with van der Waals surface area (Å²) < 4.78 is 23.5. The van der Waals surface area contributed by atoms with Crippen molar-refractivity contribution in [3.8, 4) is 34.5 Å². The number of hydrogen-bond acceptors (Lipinski definition) is 12. The molecule has 6 rings (SSSR count). The van der Waals surface area contributed by atoms with E-state index in [-0.39, 0.29) is 12.8 Å². The zero-order valence-electron chi connectivity index (χ0n) is 29.5. The van der Waals surface area contributed by atoms with E-state index in [1.165, 1.54) is 17.5 Å². The minimum absolute atomic E-state index is 0.336. The SMILES string of the molecule is COc1ccccc1Oc1ccccc1NC(=O)CC(=O)Nc1ncc(Br)s1.COc1ccccc1Oc1ccccc1NC(=O)CC(=O)Nc1ncc(Cl)s1. The summed E-state index contributed by atoms with van der Waals surface area (Å²) in [4.78, 5) is 56.4. The summed E-state index contributed by atoms with van der Waals surface area (Å²) in [5, 5.41) is 11.2. The molecule has 2 heterocycles. The third-order valence-corrected chi connectivity index (χ3v) is 9.41. The number of thiazole rings is 2. The van der Waals surface area contributed by atoms with Gasteiger partial charge in [0.1, 0.15) is 17.2 Å². The first kappa shape index (κ1) is 41.2. The van der Waals surface area contributed by atoms with Gasteiger partial charge >= 0.3 is 0 Å². The van der Waals surface area contributed by atoms with E-state index >= 15 is 0 Å². The fraction of sp³-hybridized carbons (Fsp3) is 0.105. The number of benzene rings is 4. The van der Waals surface area contributed by atoms with Crippen molar-refractivity contribution in [2.24, 2.45) is 0 Å². The summed E-state index contributed by atoms with van der Waals surface area (Å²) in [5.41, 5.74) is 0.881. The molecule has 0 radical (unpaired) electrons. The van der Waals surface area contributed by atoms with Gasteiger partial charge in [0.2, 0.25) is 23.6 Å². The number of aromatic nitrogens is 2. The summed E-state index contributed by atoms with van der Waals surface area (Å²) in [5.74, 6) is 1.10. The number of anilines is 4. The standard InChI is InChI=1S/C19H16BrN3O4S.C19H16ClN3O4S/c2*1-26-14-8-4-5-9-15(14)27-13-7-3-2-6-12(13)22-17(24)10-18(25)23-19-21-11-16(20)28-19/h2*2-9,11H,10H2,1H3,(H,22,24)(H,21,23,25). The Morgan fingerprint density at radius 2 is 0.929 bits per heavy atom. The number of halogens is 2. The topological polar surface area (TPSA) is 179 Å². The Morgan fingerprint density at radius 1 is 0.554 bits per heavy atom. The molecule has 0 unspecified atom stereocenters. The number of carbonyl (C=O) groups excluding carboxylic acids is 4. The van der Waals surface area contributed by atoms with E-state index in [9.17, 15) is 19.2 Å². The highest BCUT2D eigenvalue weighted by atomic mass is 79.9. The molecule has 0 saturated carbocycles. The van der Waals surface area contributed by atoms with Crippen molar-refractivity contribution in [2.45, 2.75) is 12.8 Å². The molecule has 4 amide bonds. The Hall–Kier alpha value is -6.01. The lowest BCUT2D eigenvalue weighted by molar-refractivity contribution is -0.125. The second-order valence-corrected chi connectivity index (χ2v) is 15.1. The third-order valence-electron chi connectivity index (χ3n) is 6.99. The van der Waals surface area contributed by atoms with Crippen LogP contribution >= 0.6 is 50.2 Å². The van der Waals surface area contributed by atoms with E-state index in [0.29, 0.717) is 60.5 Å². The molecule has 0 spiro atoms. The highest BCUT2D eigenvalue weighted by molar-refractivity contribution is 9.11. The van der Waals surface area contributed by atoms with Gasteiger partial charge in [0.15, 0.2) is 44.8 Å². The number of nitrogens with zero attached hydrogens (tertiary/aromatic N) is 2. The molecular weight excluding hydrogens is 848 g/mol. The Kier molecular flexibility index (Phi) is 15.1. The van der Waals surface area contributed by atoms with Crippen molar-refractivity contribution in [2.75, 3.05) is 35.5 Å². The van der Waals surface area contributed by atoms with E-state index < -0.39 is 23.6 Å². The molecule has 0 bridgehead atoms. The van der Waals surface area contributed by atoms with Crippen LogP contribution in [-0.4, -0.2) is 47.8 Å². The molecule has 288 valence electrons. The molecule has 0 aliphatic rings. The number of carbonyl (C=O) groups is 4. The van der Waals surface area contributed by atoms with Crippen molar-refractivity contribution in [3.05, 3.63) is 118 Å². The van der Waals surface area contributed by atoms with Crippen LogP contribution in [0.4, 0.5) is 21.6 Å². The molecular formula is C38H32BrClN6O8S2. The van der Waals surface area contributed by atoms with Crippen LogP contribution in [0, 0.1) is 0 Å². The summed E-state index contributed by atoms with van der Waals surface area (Å²) in [6.45, 7) is 0. The quantitative estimate of drug-likeness (QED) is 0.0771. The van der Waals surface area contributed by atoms with E-state index in [4.69, 9.17) is 30.5 Å². The molecule has 6 aromatic rings. The second-order valence-electron chi connectivity index (χ2n) is 11.0. The van der Waals surface area contributed by atoms with Crippen LogP contribution in [0.25, 0.3) is 0 Å². The van der Waals surface area contributed by atoms with Crippen LogP contribution < -0.4 is 40.2 Å². The average Bonchev–Trinajstić information content (AvgIpc) is 3.79. The fourth-order valence-electron chi connectivity index (χ4n) is 4.59. The first-order valence-electron chi connectivity index (χ1n) is 16.3. The summed E-state index contributed by atoms with van der Waals surface area (Å²) in [6, 6.07) is 28.2. The maximum absolute atomic E-state index is 12.3. The lowest BCUT2D eigenvalue weighted by atomic mass is 10.2. The molecule has 0 aliphatic carbocycles. The minimum Gasteiger partial charge on any atom is -0.493 e. The van der Waals surface area contributed by atoms with Crippen molar-refractivity contribution in [1.82, 2.24) is 9.97 Å². The van der Waals surface area contributed by atoms with Crippen molar-refractivity contribution < 1.29 is 38.1 Å². The zero-order valence-corrected chi connectivity index (χ0v) is 33.5. The molecule has 0 saturated heterocycles. The smallest absolute Gasteiger partial charge is 0.235 e. The van der Waals surface area contributed by atoms with E-state index in [1.807, 2.05) is 24.3 Å². The average molecular weight is 880 g/mol. The number of hydrogen-bond donors (Lipinski definition) is 4. The van der Waals surface area contributed by atoms with Crippen molar-refractivity contribution in [1.29, 1.82) is 0 Å². The zero-order chi connectivity index (χ0) is 39.9. The van der Waals surface area contributed by atoms with Gasteiger partial charge < -0.3 is 40.2 Å². The van der Waals surface area contributed by atoms with Crippen LogP contribution in [0.15, 0.2) is 113 Å². The van der Waals surface area contributed by atoms with Crippen LogP contribution in [0.1, 0.15) is 12.8 Å². The normalized spacial score (nSPS) is 10.2. The Bertz CT molecular complexity index is 2150. The predicted octanol–water partition coefficient (Wildman–Crippen LogP) is 9.24. The highest BCUT2D eigenvalue weighted by Crippen LogP contribution is 2.36. The number of ether oxygens (including phenoxy) is 4. The van der Waals surface area contributed by atoms with Gasteiger partial charge in [-0.05, 0) is 64.5 Å². The van der Waals surface area contributed by atoms with Gasteiger partial charge in [-0.3, -0.25) is 19.2 Å². The van der Waals surface area contributed by atoms with Crippen LogP contribution in [-0.2, 0) is 19.2 Å². The lowest BCUT2D eigenvalue weighted by Gasteiger charge is -2.14. The van der Waals surface area contributed by atoms with Crippen molar-refractivity contribution >= 4 is 95.5 Å². The first-order valence-corrected chi connectivity index (χ1v) is 19.1. The fourth-order valence-corrected chi connectivity index (χ4v) is 6.54. The van der Waals surface area contributed by atoms with Gasteiger partial charge in [-0.2, -0.15) is 0 Å². The lowest BCUT2D eigenvalue weighted by Crippen LogP contribution is -2.21. The largest absolute Gasteiger partial charge is 0.493 e. The summed E-state index contributed by atoms with van der Waals surface area (Å²) in [7, 11) is 3.10. The Labute approximate surface area is 342 Å². The molecule has 18 heteroatoms. The number of para-hydroxylation sites is 8. The first-order chi connectivity index (χ1) is 27.1. The molecule has 4 aromatic carbocycles. The molecule has 0 atom stereocenters. The van der Waals surface area contributed by atoms with Gasteiger partial charge in [0, 0.05) is 0 Å². The molecule has 14 nitrogen and oxygen atoms in total. The second kappa shape index (κ2) is 20.6.